The van der Waals surface area contributed by atoms with E-state index in [1.54, 1.807) is 17.0 Å². The Labute approximate surface area is 103 Å². The molecule has 0 unspecified atom stereocenters. The number of quaternary nitrogens is 2. The first-order valence-electron chi connectivity index (χ1n) is 6.69. The van der Waals surface area contributed by atoms with Crippen LogP contribution in [0.5, 0.6) is 0 Å². The number of piperidine rings is 1. The van der Waals surface area contributed by atoms with E-state index in [-0.39, 0.29) is 5.82 Å². The molecule has 1 heterocycles. The van der Waals surface area contributed by atoms with Gasteiger partial charge >= 0.3 is 0 Å². The lowest BCUT2D eigenvalue weighted by Crippen LogP contribution is -3.14. The number of likely N-dealkylation sites (tertiary alicyclic amines) is 1. The molecule has 1 aromatic rings. The predicted molar refractivity (Wildman–Crippen MR) is 66.3 cm³/mol. The van der Waals surface area contributed by atoms with E-state index < -0.39 is 0 Å². The quantitative estimate of drug-likeness (QED) is 0.734. The van der Waals surface area contributed by atoms with Gasteiger partial charge in [0.05, 0.1) is 25.7 Å². The number of halogens is 1. The minimum atomic E-state index is -0.124. The van der Waals surface area contributed by atoms with Gasteiger partial charge in [-0.15, -0.1) is 0 Å². The Bertz CT molecular complexity index is 346. The molecule has 3 heteroatoms. The minimum Gasteiger partial charge on any atom is -0.340 e. The molecule has 17 heavy (non-hydrogen) atoms. The minimum absolute atomic E-state index is 0.124. The number of nitrogens with one attached hydrogen (secondary N) is 1. The van der Waals surface area contributed by atoms with E-state index >= 15 is 0 Å². The van der Waals surface area contributed by atoms with E-state index in [1.807, 2.05) is 6.07 Å². The summed E-state index contributed by atoms with van der Waals surface area (Å²) < 4.78 is 13.0. The van der Waals surface area contributed by atoms with Gasteiger partial charge in [-0.25, -0.2) is 4.39 Å². The smallest absolute Gasteiger partial charge is 0.123 e. The monoisotopic (exact) mass is 238 g/mol. The Hall–Kier alpha value is -0.930. The average Bonchev–Trinajstić information content (AvgIpc) is 2.37. The molecule has 3 N–H and O–H groups in total. The number of rotatable bonds is 4. The van der Waals surface area contributed by atoms with Crippen LogP contribution in [0.4, 0.5) is 4.39 Å². The van der Waals surface area contributed by atoms with E-state index in [0.717, 1.165) is 18.2 Å². The second-order valence-corrected chi connectivity index (χ2v) is 5.01. The molecular weight excluding hydrogens is 215 g/mol. The molecule has 2 rings (SSSR count). The first-order valence-corrected chi connectivity index (χ1v) is 6.69. The Morgan fingerprint density at radius 2 is 2.12 bits per heavy atom. The average molecular weight is 238 g/mol. The molecule has 1 fully saturated rings. The summed E-state index contributed by atoms with van der Waals surface area (Å²) in [6.07, 6.45) is 2.58. The first-order chi connectivity index (χ1) is 8.28. The van der Waals surface area contributed by atoms with Crippen LogP contribution in [0.15, 0.2) is 24.3 Å². The third kappa shape index (κ3) is 3.79. The summed E-state index contributed by atoms with van der Waals surface area (Å²) in [7, 11) is 0. The zero-order chi connectivity index (χ0) is 12.1. The SMILES string of the molecule is CC[NH+]1CCC([NH2+]Cc2cccc(F)c2)CC1. The van der Waals surface area contributed by atoms with Crippen molar-refractivity contribution in [1.82, 2.24) is 0 Å². The van der Waals surface area contributed by atoms with E-state index in [2.05, 4.69) is 12.2 Å². The van der Waals surface area contributed by atoms with Crippen LogP contribution in [0.1, 0.15) is 25.3 Å². The molecule has 0 spiro atoms. The van der Waals surface area contributed by atoms with Crippen molar-refractivity contribution in [2.75, 3.05) is 19.6 Å². The van der Waals surface area contributed by atoms with Crippen molar-refractivity contribution in [2.45, 2.75) is 32.4 Å². The third-order valence-corrected chi connectivity index (χ3v) is 3.81. The van der Waals surface area contributed by atoms with Gasteiger partial charge in [0.25, 0.3) is 0 Å². The fourth-order valence-electron chi connectivity index (χ4n) is 2.60. The van der Waals surface area contributed by atoms with Gasteiger partial charge in [0, 0.05) is 18.4 Å². The van der Waals surface area contributed by atoms with E-state index in [1.165, 1.54) is 38.5 Å². The van der Waals surface area contributed by atoms with Crippen LogP contribution in [-0.2, 0) is 6.54 Å². The van der Waals surface area contributed by atoms with Crippen LogP contribution in [0.25, 0.3) is 0 Å². The van der Waals surface area contributed by atoms with Gasteiger partial charge in [0.1, 0.15) is 12.4 Å². The lowest BCUT2D eigenvalue weighted by molar-refractivity contribution is -0.912. The third-order valence-electron chi connectivity index (χ3n) is 3.81. The summed E-state index contributed by atoms with van der Waals surface area (Å²) in [6, 6.07) is 7.68. The maximum Gasteiger partial charge on any atom is 0.123 e. The zero-order valence-corrected chi connectivity index (χ0v) is 10.6. The maximum absolute atomic E-state index is 13.0. The molecule has 0 aromatic heterocycles. The highest BCUT2D eigenvalue weighted by Gasteiger charge is 2.22. The molecule has 2 nitrogen and oxygen atoms in total. The van der Waals surface area contributed by atoms with Gasteiger partial charge < -0.3 is 10.2 Å². The van der Waals surface area contributed by atoms with Gasteiger partial charge in [0.15, 0.2) is 0 Å². The van der Waals surface area contributed by atoms with E-state index in [9.17, 15) is 4.39 Å². The molecule has 0 aliphatic carbocycles. The maximum atomic E-state index is 13.0. The predicted octanol–water partition coefficient (Wildman–Crippen LogP) is -0.0437. The van der Waals surface area contributed by atoms with Crippen molar-refractivity contribution >= 4 is 0 Å². The highest BCUT2D eigenvalue weighted by molar-refractivity contribution is 5.14. The summed E-state index contributed by atoms with van der Waals surface area (Å²) in [4.78, 5) is 1.72. The second-order valence-electron chi connectivity index (χ2n) is 5.01. The number of benzene rings is 1. The van der Waals surface area contributed by atoms with Crippen molar-refractivity contribution in [3.05, 3.63) is 35.6 Å². The molecule has 0 bridgehead atoms. The molecule has 0 amide bonds. The first kappa shape index (κ1) is 12.5. The molecule has 94 valence electrons. The van der Waals surface area contributed by atoms with Crippen LogP contribution in [-0.4, -0.2) is 25.7 Å². The molecule has 1 aromatic carbocycles. The summed E-state index contributed by atoms with van der Waals surface area (Å²) in [5, 5.41) is 2.38. The van der Waals surface area contributed by atoms with Crippen molar-refractivity contribution in [2.24, 2.45) is 0 Å². The zero-order valence-electron chi connectivity index (χ0n) is 10.6. The van der Waals surface area contributed by atoms with Crippen LogP contribution >= 0.6 is 0 Å². The van der Waals surface area contributed by atoms with Gasteiger partial charge in [0.2, 0.25) is 0 Å². The number of nitrogens with two attached hydrogens (primary N) is 1. The highest BCUT2D eigenvalue weighted by Crippen LogP contribution is 2.02. The van der Waals surface area contributed by atoms with Crippen molar-refractivity contribution in [3.63, 3.8) is 0 Å². The molecule has 1 aliphatic heterocycles. The van der Waals surface area contributed by atoms with E-state index in [4.69, 9.17) is 0 Å². The van der Waals surface area contributed by atoms with Crippen LogP contribution in [0.3, 0.4) is 0 Å². The Morgan fingerprint density at radius 1 is 1.35 bits per heavy atom. The van der Waals surface area contributed by atoms with Gasteiger partial charge in [-0.2, -0.15) is 0 Å². The van der Waals surface area contributed by atoms with Crippen LogP contribution in [0, 0.1) is 5.82 Å². The Morgan fingerprint density at radius 3 is 2.76 bits per heavy atom. The standard InChI is InChI=1S/C14H21FN2/c1-2-17-8-6-14(7-9-17)16-11-12-4-3-5-13(15)10-12/h3-5,10,14,16H,2,6-9,11H2,1H3/p+2. The van der Waals surface area contributed by atoms with Gasteiger partial charge in [-0.05, 0) is 19.1 Å². The molecule has 0 radical (unpaired) electrons. The largest absolute Gasteiger partial charge is 0.340 e. The van der Waals surface area contributed by atoms with Crippen LogP contribution in [0.2, 0.25) is 0 Å². The van der Waals surface area contributed by atoms with Crippen molar-refractivity contribution in [3.8, 4) is 0 Å². The molecule has 0 atom stereocenters. The molecule has 1 aliphatic rings. The van der Waals surface area contributed by atoms with Crippen molar-refractivity contribution in [1.29, 1.82) is 0 Å². The van der Waals surface area contributed by atoms with Crippen molar-refractivity contribution < 1.29 is 14.6 Å². The number of hydrogen-bond acceptors (Lipinski definition) is 0. The fourth-order valence-corrected chi connectivity index (χ4v) is 2.60. The van der Waals surface area contributed by atoms with Gasteiger partial charge in [-0.1, -0.05) is 12.1 Å². The Kier molecular flexibility index (Phi) is 4.51. The topological polar surface area (TPSA) is 21.1 Å². The molecule has 1 saturated heterocycles. The normalized spacial score (nSPS) is 24.8. The van der Waals surface area contributed by atoms with Gasteiger partial charge in [-0.3, -0.25) is 0 Å². The second kappa shape index (κ2) is 6.12. The summed E-state index contributed by atoms with van der Waals surface area (Å²) >= 11 is 0. The summed E-state index contributed by atoms with van der Waals surface area (Å²) in [6.45, 7) is 6.99. The molecular formula is C14H23FN2+2. The number of hydrogen-bond donors (Lipinski definition) is 2. The fraction of sp³-hybridized carbons (Fsp3) is 0.571. The van der Waals surface area contributed by atoms with Crippen LogP contribution < -0.4 is 10.2 Å². The summed E-state index contributed by atoms with van der Waals surface area (Å²) in [5.41, 5.74) is 1.09. The highest BCUT2D eigenvalue weighted by atomic mass is 19.1. The molecule has 0 saturated carbocycles. The Balaban J connectivity index is 1.76. The van der Waals surface area contributed by atoms with E-state index in [0.29, 0.717) is 0 Å². The lowest BCUT2D eigenvalue weighted by atomic mass is 10.0. The lowest BCUT2D eigenvalue weighted by Gasteiger charge is -2.27. The summed E-state index contributed by atoms with van der Waals surface area (Å²) in [5.74, 6) is -0.124.